The first-order chi connectivity index (χ1) is 28.6. The number of rotatable bonds is 38. The lowest BCUT2D eigenvalue weighted by atomic mass is 10.1. The fraction of sp³-hybridized carbons (Fsp3) is 0.588. The summed E-state index contributed by atoms with van der Waals surface area (Å²) in [6.07, 6.45) is 55.6. The van der Waals surface area contributed by atoms with Crippen LogP contribution in [-0.2, 0) is 28.6 Å². The highest BCUT2D eigenvalue weighted by Crippen LogP contribution is 2.12. The maximum atomic E-state index is 12.7. The minimum atomic E-state index is -0.892. The molecule has 0 aliphatic carbocycles. The summed E-state index contributed by atoms with van der Waals surface area (Å²) in [4.78, 5) is 37.0. The molecule has 8 nitrogen and oxygen atoms in total. The van der Waals surface area contributed by atoms with Gasteiger partial charge in [-0.3, -0.25) is 9.59 Å². The van der Waals surface area contributed by atoms with Crippen LogP contribution in [0.15, 0.2) is 109 Å². The zero-order valence-corrected chi connectivity index (χ0v) is 37.7. The standard InChI is InChI=1S/C51H81NO7/c1-6-8-10-12-14-16-18-20-22-24-26-27-29-31-33-35-37-39-41-49(53)58-46-47(45-57-44-43-48(51(55)56)52(3,4)5)59-50(54)42-40-38-36-34-32-30-28-25-23-21-19-17-15-13-11-9-7-2/h9,11,13,15,17-28,30,32,47-48H,6-8,10,12,14,16,29,31,33-46H2,1-5H3/p+1/b11-9+,15-13+,19-17+,20-18+,23-21+,24-22+,27-26+,28-25+,32-30+. The van der Waals surface area contributed by atoms with Crippen LogP contribution in [0.1, 0.15) is 142 Å². The molecule has 0 rings (SSSR count). The highest BCUT2D eigenvalue weighted by atomic mass is 16.6. The third-order valence-electron chi connectivity index (χ3n) is 9.38. The van der Waals surface area contributed by atoms with E-state index in [1.54, 1.807) is 0 Å². The van der Waals surface area contributed by atoms with E-state index in [1.165, 1.54) is 32.1 Å². The van der Waals surface area contributed by atoms with Crippen LogP contribution in [0.25, 0.3) is 0 Å². The van der Waals surface area contributed by atoms with Gasteiger partial charge in [0.05, 0.1) is 34.4 Å². The van der Waals surface area contributed by atoms with Crippen LogP contribution in [0.2, 0.25) is 0 Å². The van der Waals surface area contributed by atoms with E-state index < -0.39 is 18.1 Å². The van der Waals surface area contributed by atoms with Crippen LogP contribution in [0, 0.1) is 0 Å². The molecule has 0 aromatic carbocycles. The lowest BCUT2D eigenvalue weighted by molar-refractivity contribution is -0.887. The van der Waals surface area contributed by atoms with E-state index in [-0.39, 0.29) is 42.7 Å². The fourth-order valence-corrected chi connectivity index (χ4v) is 5.89. The third kappa shape index (κ3) is 39.2. The third-order valence-corrected chi connectivity index (χ3v) is 9.38. The van der Waals surface area contributed by atoms with Crippen molar-refractivity contribution in [1.82, 2.24) is 0 Å². The van der Waals surface area contributed by atoms with Crippen molar-refractivity contribution >= 4 is 17.9 Å². The van der Waals surface area contributed by atoms with Gasteiger partial charge in [-0.1, -0.05) is 175 Å². The number of quaternary nitrogens is 1. The first-order valence-corrected chi connectivity index (χ1v) is 22.5. The van der Waals surface area contributed by atoms with Gasteiger partial charge in [0.2, 0.25) is 0 Å². The Morgan fingerprint density at radius 1 is 0.525 bits per heavy atom. The molecule has 0 aliphatic heterocycles. The van der Waals surface area contributed by atoms with Crippen LogP contribution in [0.3, 0.4) is 0 Å². The first kappa shape index (κ1) is 55.0. The quantitative estimate of drug-likeness (QED) is 0.0287. The minimum absolute atomic E-state index is 0.0279. The molecule has 0 aromatic rings. The number of hydrogen-bond donors (Lipinski definition) is 1. The number of carbonyl (C=O) groups excluding carboxylic acids is 2. The maximum Gasteiger partial charge on any atom is 0.362 e. The highest BCUT2D eigenvalue weighted by Gasteiger charge is 2.31. The Hall–Kier alpha value is -4.01. The van der Waals surface area contributed by atoms with Crippen LogP contribution in [0.4, 0.5) is 0 Å². The second-order valence-corrected chi connectivity index (χ2v) is 15.8. The van der Waals surface area contributed by atoms with Crippen molar-refractivity contribution in [3.63, 3.8) is 0 Å². The molecule has 0 spiro atoms. The SMILES string of the molecule is CC/C=C/C=C/C=C/C=C/C=C/C=C/CCCCCC(=O)OC(COCCC(C(=O)O)[N+](C)(C)C)COC(=O)CCCCCCC/C=C/C=C/C=C/CCCCCCC. The average molecular weight is 821 g/mol. The molecule has 0 saturated carbocycles. The van der Waals surface area contributed by atoms with E-state index in [0.29, 0.717) is 19.3 Å². The van der Waals surface area contributed by atoms with Crippen molar-refractivity contribution in [1.29, 1.82) is 0 Å². The predicted molar refractivity (Wildman–Crippen MR) is 247 cm³/mol. The largest absolute Gasteiger partial charge is 0.477 e. The number of carboxylic acids is 1. The Bertz CT molecular complexity index is 1330. The van der Waals surface area contributed by atoms with Gasteiger partial charge in [-0.2, -0.15) is 0 Å². The van der Waals surface area contributed by atoms with Crippen molar-refractivity contribution in [3.05, 3.63) is 109 Å². The van der Waals surface area contributed by atoms with Gasteiger partial charge in [0.15, 0.2) is 12.1 Å². The summed E-state index contributed by atoms with van der Waals surface area (Å²) in [7, 11) is 5.49. The van der Waals surface area contributed by atoms with Gasteiger partial charge in [-0.25, -0.2) is 4.79 Å². The van der Waals surface area contributed by atoms with Crippen molar-refractivity contribution in [2.45, 2.75) is 154 Å². The molecule has 8 heteroatoms. The number of unbranched alkanes of at least 4 members (excludes halogenated alkanes) is 13. The second kappa shape index (κ2) is 40.8. The summed E-state index contributed by atoms with van der Waals surface area (Å²) < 4.78 is 17.2. The number of esters is 2. The van der Waals surface area contributed by atoms with Crippen LogP contribution < -0.4 is 0 Å². The van der Waals surface area contributed by atoms with E-state index in [9.17, 15) is 19.5 Å². The van der Waals surface area contributed by atoms with Gasteiger partial charge in [-0.05, 0) is 57.8 Å². The summed E-state index contributed by atoms with van der Waals surface area (Å²) in [5, 5.41) is 9.62. The number of hydrogen-bond acceptors (Lipinski definition) is 6. The van der Waals surface area contributed by atoms with Crippen molar-refractivity contribution in [2.75, 3.05) is 41.0 Å². The van der Waals surface area contributed by atoms with Crippen LogP contribution >= 0.6 is 0 Å². The van der Waals surface area contributed by atoms with E-state index in [1.807, 2.05) is 81.9 Å². The van der Waals surface area contributed by atoms with Gasteiger partial charge in [0.25, 0.3) is 0 Å². The average Bonchev–Trinajstić information content (AvgIpc) is 3.19. The number of ether oxygens (including phenoxy) is 3. The number of allylic oxidation sites excluding steroid dienone is 18. The lowest BCUT2D eigenvalue weighted by Gasteiger charge is -2.31. The van der Waals surface area contributed by atoms with E-state index in [0.717, 1.165) is 70.6 Å². The number of likely N-dealkylation sites (N-methyl/N-ethyl adjacent to an activating group) is 1. The minimum Gasteiger partial charge on any atom is -0.477 e. The Morgan fingerprint density at radius 3 is 1.42 bits per heavy atom. The van der Waals surface area contributed by atoms with E-state index >= 15 is 0 Å². The first-order valence-electron chi connectivity index (χ1n) is 22.5. The number of aliphatic carboxylic acids is 1. The monoisotopic (exact) mass is 821 g/mol. The number of carboxylic acid groups (broad SMARTS) is 1. The Labute approximate surface area is 359 Å². The smallest absolute Gasteiger partial charge is 0.362 e. The molecule has 332 valence electrons. The highest BCUT2D eigenvalue weighted by molar-refractivity contribution is 5.72. The molecule has 0 aromatic heterocycles. The van der Waals surface area contributed by atoms with Crippen LogP contribution in [-0.4, -0.2) is 80.6 Å². The fourth-order valence-electron chi connectivity index (χ4n) is 5.89. The van der Waals surface area contributed by atoms with Crippen molar-refractivity contribution in [2.24, 2.45) is 0 Å². The van der Waals surface area contributed by atoms with Crippen molar-refractivity contribution in [3.8, 4) is 0 Å². The van der Waals surface area contributed by atoms with E-state index in [2.05, 4.69) is 62.5 Å². The summed E-state index contributed by atoms with van der Waals surface area (Å²) >= 11 is 0. The molecule has 0 heterocycles. The Morgan fingerprint density at radius 2 is 0.949 bits per heavy atom. The maximum absolute atomic E-state index is 12.7. The summed E-state index contributed by atoms with van der Waals surface area (Å²) in [5.74, 6) is -1.57. The van der Waals surface area contributed by atoms with Gasteiger partial charge in [0.1, 0.15) is 6.61 Å². The molecule has 0 radical (unpaired) electrons. The van der Waals surface area contributed by atoms with E-state index in [4.69, 9.17) is 14.2 Å². The van der Waals surface area contributed by atoms with Gasteiger partial charge in [-0.15, -0.1) is 0 Å². The normalized spacial score (nSPS) is 14.0. The van der Waals surface area contributed by atoms with Crippen molar-refractivity contribution < 1.29 is 38.2 Å². The molecule has 2 atom stereocenters. The summed E-state index contributed by atoms with van der Waals surface area (Å²) in [6.45, 7) is 4.48. The van der Waals surface area contributed by atoms with Crippen LogP contribution in [0.5, 0.6) is 0 Å². The molecular weight excluding hydrogens is 739 g/mol. The zero-order chi connectivity index (χ0) is 43.5. The molecule has 0 saturated heterocycles. The Balaban J connectivity index is 4.50. The molecule has 0 amide bonds. The summed E-state index contributed by atoms with van der Waals surface area (Å²) in [5.41, 5.74) is 0. The lowest BCUT2D eigenvalue weighted by Crippen LogP contribution is -2.50. The Kier molecular flexibility index (Phi) is 38.0. The molecule has 0 fully saturated rings. The number of carbonyl (C=O) groups is 3. The molecule has 1 N–H and O–H groups in total. The molecule has 0 bridgehead atoms. The molecule has 59 heavy (non-hydrogen) atoms. The number of nitrogens with zero attached hydrogens (tertiary/aromatic N) is 1. The molecule has 2 unspecified atom stereocenters. The molecule has 0 aliphatic rings. The zero-order valence-electron chi connectivity index (χ0n) is 37.7. The summed E-state index contributed by atoms with van der Waals surface area (Å²) in [6, 6.07) is -0.634. The van der Waals surface area contributed by atoms with Gasteiger partial charge < -0.3 is 23.8 Å². The topological polar surface area (TPSA) is 99.1 Å². The molecular formula is C51H82NO7+. The van der Waals surface area contributed by atoms with Gasteiger partial charge >= 0.3 is 17.9 Å². The van der Waals surface area contributed by atoms with Gasteiger partial charge in [0, 0.05) is 19.3 Å². The predicted octanol–water partition coefficient (Wildman–Crippen LogP) is 12.5. The second-order valence-electron chi connectivity index (χ2n) is 15.8.